The molecule has 5 heteroatoms. The highest BCUT2D eigenvalue weighted by Crippen LogP contribution is 2.25. The topological polar surface area (TPSA) is 81.1 Å². The molecule has 0 saturated heterocycles. The number of anilines is 1. The molecular weight excluding hydrogens is 262 g/mol. The predicted octanol–water partition coefficient (Wildman–Crippen LogP) is 2.61. The van der Waals surface area contributed by atoms with Crippen molar-refractivity contribution in [3.63, 3.8) is 0 Å². The number of hydrogen-bond donors (Lipinski definition) is 3. The van der Waals surface area contributed by atoms with Crippen molar-refractivity contribution in [1.82, 2.24) is 0 Å². The largest absolute Gasteiger partial charge is 0.379 e. The van der Waals surface area contributed by atoms with E-state index in [1.165, 1.54) is 0 Å². The molecule has 5 N–H and O–H groups in total. The van der Waals surface area contributed by atoms with Crippen LogP contribution >= 0.6 is 11.6 Å². The molecule has 0 spiro atoms. The van der Waals surface area contributed by atoms with Crippen LogP contribution in [0.1, 0.15) is 37.6 Å². The minimum atomic E-state index is -0.527. The second kappa shape index (κ2) is 6.26. The summed E-state index contributed by atoms with van der Waals surface area (Å²) in [5.74, 6) is 0.00160. The molecule has 0 saturated carbocycles. The third-order valence-electron chi connectivity index (χ3n) is 2.99. The van der Waals surface area contributed by atoms with Gasteiger partial charge in [0.25, 0.3) is 0 Å². The van der Waals surface area contributed by atoms with Gasteiger partial charge in [0, 0.05) is 17.8 Å². The Labute approximate surface area is 119 Å². The van der Waals surface area contributed by atoms with Crippen LogP contribution in [0.5, 0.6) is 0 Å². The van der Waals surface area contributed by atoms with Crippen molar-refractivity contribution >= 4 is 23.2 Å². The first-order valence-electron chi connectivity index (χ1n) is 6.35. The summed E-state index contributed by atoms with van der Waals surface area (Å²) in [6.07, 6.45) is 0.943. The molecule has 1 aromatic rings. The lowest BCUT2D eigenvalue weighted by Crippen LogP contribution is -2.43. The Morgan fingerprint density at radius 1 is 1.47 bits per heavy atom. The first kappa shape index (κ1) is 15.8. The van der Waals surface area contributed by atoms with Crippen LogP contribution in [0.25, 0.3) is 0 Å². The molecule has 1 rings (SSSR count). The fourth-order valence-electron chi connectivity index (χ4n) is 2.23. The molecular formula is C14H22ClN3O. The van der Waals surface area contributed by atoms with Gasteiger partial charge >= 0.3 is 0 Å². The molecule has 4 nitrogen and oxygen atoms in total. The third-order valence-corrected chi connectivity index (χ3v) is 3.30. The van der Waals surface area contributed by atoms with E-state index in [0.29, 0.717) is 23.0 Å². The van der Waals surface area contributed by atoms with Crippen LogP contribution in [0, 0.1) is 5.92 Å². The summed E-state index contributed by atoms with van der Waals surface area (Å²) in [5, 5.41) is 3.73. The van der Waals surface area contributed by atoms with Gasteiger partial charge < -0.3 is 16.8 Å². The summed E-state index contributed by atoms with van der Waals surface area (Å²) in [6.45, 7) is 6.89. The van der Waals surface area contributed by atoms with Crippen LogP contribution in [0.4, 0.5) is 5.69 Å². The van der Waals surface area contributed by atoms with E-state index >= 15 is 0 Å². The Kier molecular flexibility index (Phi) is 5.20. The van der Waals surface area contributed by atoms with Gasteiger partial charge in [-0.1, -0.05) is 25.4 Å². The zero-order chi connectivity index (χ0) is 14.6. The molecule has 0 aromatic heterocycles. The van der Waals surface area contributed by atoms with Crippen LogP contribution < -0.4 is 16.8 Å². The minimum absolute atomic E-state index is 0.203. The van der Waals surface area contributed by atoms with Crippen molar-refractivity contribution in [2.45, 2.75) is 32.7 Å². The van der Waals surface area contributed by atoms with E-state index in [4.69, 9.17) is 23.1 Å². The highest BCUT2D eigenvalue weighted by molar-refractivity contribution is 6.34. The predicted molar refractivity (Wildman–Crippen MR) is 80.5 cm³/mol. The lowest BCUT2D eigenvalue weighted by molar-refractivity contribution is 0.100. The lowest BCUT2D eigenvalue weighted by atomic mass is 9.90. The lowest BCUT2D eigenvalue weighted by Gasteiger charge is -2.32. The summed E-state index contributed by atoms with van der Waals surface area (Å²) in [7, 11) is 0. The molecule has 0 heterocycles. The molecule has 19 heavy (non-hydrogen) atoms. The highest BCUT2D eigenvalue weighted by Gasteiger charge is 2.23. The fourth-order valence-corrected chi connectivity index (χ4v) is 2.50. The molecule has 0 aliphatic carbocycles. The number of halogens is 1. The van der Waals surface area contributed by atoms with Crippen LogP contribution in [-0.4, -0.2) is 18.0 Å². The summed E-state index contributed by atoms with van der Waals surface area (Å²) in [4.78, 5) is 11.1. The number of nitrogens with one attached hydrogen (secondary N) is 1. The Bertz CT molecular complexity index is 462. The van der Waals surface area contributed by atoms with Gasteiger partial charge in [-0.2, -0.15) is 0 Å². The second-order valence-electron chi connectivity index (χ2n) is 5.55. The molecule has 0 bridgehead atoms. The molecule has 1 aromatic carbocycles. The molecule has 0 aliphatic rings. The highest BCUT2D eigenvalue weighted by atomic mass is 35.5. The quantitative estimate of drug-likeness (QED) is 0.751. The van der Waals surface area contributed by atoms with Gasteiger partial charge in [-0.3, -0.25) is 4.79 Å². The smallest absolute Gasteiger partial charge is 0.250 e. The number of amides is 1. The normalized spacial score (nSPS) is 14.2. The van der Waals surface area contributed by atoms with E-state index in [1.807, 2.05) is 0 Å². The number of primary amides is 1. The first-order valence-corrected chi connectivity index (χ1v) is 6.73. The van der Waals surface area contributed by atoms with Crippen LogP contribution in [0.2, 0.25) is 5.02 Å². The number of carbonyl (C=O) groups is 1. The van der Waals surface area contributed by atoms with E-state index < -0.39 is 5.91 Å². The Balaban J connectivity index is 2.92. The SMILES string of the molecule is CC(C)CC(C)(CN)Nc1ccc(C(N)=O)c(Cl)c1. The molecule has 106 valence electrons. The van der Waals surface area contributed by atoms with E-state index in [1.54, 1.807) is 18.2 Å². The average Bonchev–Trinajstić information content (AvgIpc) is 2.27. The molecule has 1 atom stereocenters. The maximum Gasteiger partial charge on any atom is 0.250 e. The van der Waals surface area contributed by atoms with Crippen molar-refractivity contribution in [3.8, 4) is 0 Å². The summed E-state index contributed by atoms with van der Waals surface area (Å²) < 4.78 is 0. The molecule has 1 unspecified atom stereocenters. The Morgan fingerprint density at radius 3 is 2.53 bits per heavy atom. The summed E-state index contributed by atoms with van der Waals surface area (Å²) >= 11 is 6.03. The monoisotopic (exact) mass is 283 g/mol. The maximum absolute atomic E-state index is 11.1. The Morgan fingerprint density at radius 2 is 2.11 bits per heavy atom. The van der Waals surface area contributed by atoms with Gasteiger partial charge in [0.15, 0.2) is 0 Å². The standard InChI is InChI=1S/C14H22ClN3O/c1-9(2)7-14(3,8-16)18-10-4-5-11(13(17)19)12(15)6-10/h4-6,9,18H,7-8,16H2,1-3H3,(H2,17,19). The fraction of sp³-hybridized carbons (Fsp3) is 0.500. The van der Waals surface area contributed by atoms with Crippen molar-refractivity contribution in [2.75, 3.05) is 11.9 Å². The number of carbonyl (C=O) groups excluding carboxylic acids is 1. The van der Waals surface area contributed by atoms with Crippen LogP contribution in [0.3, 0.4) is 0 Å². The molecule has 0 radical (unpaired) electrons. The van der Waals surface area contributed by atoms with Gasteiger partial charge in [0.05, 0.1) is 10.6 Å². The van der Waals surface area contributed by atoms with Gasteiger partial charge in [-0.05, 0) is 37.5 Å². The number of nitrogens with two attached hydrogens (primary N) is 2. The second-order valence-corrected chi connectivity index (χ2v) is 5.95. The van der Waals surface area contributed by atoms with Crippen molar-refractivity contribution < 1.29 is 4.79 Å². The molecule has 0 aliphatic heterocycles. The van der Waals surface area contributed by atoms with Gasteiger partial charge in [-0.15, -0.1) is 0 Å². The third kappa shape index (κ3) is 4.40. The average molecular weight is 284 g/mol. The molecule has 0 fully saturated rings. The first-order chi connectivity index (χ1) is 8.77. The zero-order valence-electron chi connectivity index (χ0n) is 11.7. The van der Waals surface area contributed by atoms with E-state index in [9.17, 15) is 4.79 Å². The number of benzene rings is 1. The summed E-state index contributed by atoms with van der Waals surface area (Å²) in [5.41, 5.74) is 12.0. The Hall–Kier alpha value is -1.26. The number of hydrogen-bond acceptors (Lipinski definition) is 3. The summed E-state index contributed by atoms with van der Waals surface area (Å²) in [6, 6.07) is 5.12. The van der Waals surface area contributed by atoms with Gasteiger partial charge in [-0.25, -0.2) is 0 Å². The van der Waals surface area contributed by atoms with E-state index in [0.717, 1.165) is 12.1 Å². The minimum Gasteiger partial charge on any atom is -0.379 e. The zero-order valence-corrected chi connectivity index (χ0v) is 12.4. The van der Waals surface area contributed by atoms with Crippen molar-refractivity contribution in [1.29, 1.82) is 0 Å². The maximum atomic E-state index is 11.1. The van der Waals surface area contributed by atoms with E-state index in [-0.39, 0.29) is 5.54 Å². The van der Waals surface area contributed by atoms with Gasteiger partial charge in [0.1, 0.15) is 0 Å². The van der Waals surface area contributed by atoms with Crippen LogP contribution in [0.15, 0.2) is 18.2 Å². The van der Waals surface area contributed by atoms with Gasteiger partial charge in [0.2, 0.25) is 5.91 Å². The molecule has 1 amide bonds. The van der Waals surface area contributed by atoms with Crippen molar-refractivity contribution in [3.05, 3.63) is 28.8 Å². The van der Waals surface area contributed by atoms with E-state index in [2.05, 4.69) is 26.1 Å². The number of rotatable bonds is 6. The van der Waals surface area contributed by atoms with Crippen molar-refractivity contribution in [2.24, 2.45) is 17.4 Å². The van der Waals surface area contributed by atoms with Crippen LogP contribution in [-0.2, 0) is 0 Å².